The number of ether oxygens (including phenoxy) is 2. The van der Waals surface area contributed by atoms with E-state index < -0.39 is 52.3 Å². The first-order chi connectivity index (χ1) is 12.9. The molecule has 0 spiro atoms. The first kappa shape index (κ1) is 24.3. The number of benzene rings is 1. The van der Waals surface area contributed by atoms with Gasteiger partial charge in [-0.15, -0.1) is 0 Å². The van der Waals surface area contributed by atoms with Crippen LogP contribution < -0.4 is 14.4 Å². The third-order valence-corrected chi connectivity index (χ3v) is 3.28. The SMILES string of the molecule is COc1ccc(N(C(=O)C(F)(F)C(F)(F)F)C(=O)C(F)(F)C(F)(F)F)c(OC)c1. The molecule has 164 valence electrons. The summed E-state index contributed by atoms with van der Waals surface area (Å²) in [5, 5.41) is 0. The van der Waals surface area contributed by atoms with E-state index in [1.807, 2.05) is 0 Å². The number of carbonyl (C=O) groups excluding carboxylic acids is 2. The summed E-state index contributed by atoms with van der Waals surface area (Å²) < 4.78 is 138. The highest BCUT2D eigenvalue weighted by molar-refractivity contribution is 6.20. The summed E-state index contributed by atoms with van der Waals surface area (Å²) in [7, 11) is 1.73. The average molecular weight is 445 g/mol. The van der Waals surface area contributed by atoms with Crippen LogP contribution in [0.4, 0.5) is 49.6 Å². The highest BCUT2D eigenvalue weighted by atomic mass is 19.4. The van der Waals surface area contributed by atoms with Crippen molar-refractivity contribution in [3.63, 3.8) is 0 Å². The van der Waals surface area contributed by atoms with Crippen molar-refractivity contribution in [3.8, 4) is 11.5 Å². The van der Waals surface area contributed by atoms with Crippen molar-refractivity contribution in [2.45, 2.75) is 24.2 Å². The second-order valence-corrected chi connectivity index (χ2v) is 5.13. The van der Waals surface area contributed by atoms with E-state index in [4.69, 9.17) is 0 Å². The Morgan fingerprint density at radius 2 is 1.17 bits per heavy atom. The zero-order chi connectivity index (χ0) is 23.0. The summed E-state index contributed by atoms with van der Waals surface area (Å²) in [4.78, 5) is 21.8. The third-order valence-electron chi connectivity index (χ3n) is 3.28. The largest absolute Gasteiger partial charge is 0.497 e. The molecule has 0 aromatic heterocycles. The van der Waals surface area contributed by atoms with Gasteiger partial charge in [-0.3, -0.25) is 9.59 Å². The fourth-order valence-electron chi connectivity index (χ4n) is 1.80. The number of amides is 2. The normalized spacial score (nSPS) is 13.1. The Morgan fingerprint density at radius 1 is 0.759 bits per heavy atom. The third kappa shape index (κ3) is 4.32. The smallest absolute Gasteiger partial charge is 0.463 e. The van der Waals surface area contributed by atoms with Crippen molar-refractivity contribution in [1.82, 2.24) is 0 Å². The maximum atomic E-state index is 13.4. The molecular formula is C14H9F10NO4. The number of carbonyl (C=O) groups is 2. The minimum absolute atomic E-state index is 0.226. The molecule has 0 aliphatic heterocycles. The molecule has 5 nitrogen and oxygen atoms in total. The van der Waals surface area contributed by atoms with Crippen LogP contribution in [0.1, 0.15) is 0 Å². The molecule has 0 atom stereocenters. The van der Waals surface area contributed by atoms with Crippen LogP contribution in [0.15, 0.2) is 18.2 Å². The van der Waals surface area contributed by atoms with Gasteiger partial charge in [0.2, 0.25) is 0 Å². The maximum absolute atomic E-state index is 13.4. The van der Waals surface area contributed by atoms with E-state index in [1.165, 1.54) is 0 Å². The van der Waals surface area contributed by atoms with Crippen molar-refractivity contribution in [3.05, 3.63) is 18.2 Å². The fraction of sp³-hybridized carbons (Fsp3) is 0.429. The zero-order valence-electron chi connectivity index (χ0n) is 14.1. The number of alkyl halides is 10. The Morgan fingerprint density at radius 3 is 1.48 bits per heavy atom. The van der Waals surface area contributed by atoms with E-state index in [1.54, 1.807) is 0 Å². The van der Waals surface area contributed by atoms with E-state index in [0.29, 0.717) is 25.3 Å². The number of hydrogen-bond donors (Lipinski definition) is 0. The van der Waals surface area contributed by atoms with Gasteiger partial charge in [-0.25, -0.2) is 4.90 Å². The molecule has 0 bridgehead atoms. The van der Waals surface area contributed by atoms with Crippen molar-refractivity contribution in [2.24, 2.45) is 0 Å². The van der Waals surface area contributed by atoms with Crippen LogP contribution in [0.2, 0.25) is 0 Å². The number of anilines is 1. The molecule has 0 aliphatic rings. The number of rotatable bonds is 5. The first-order valence-electron chi connectivity index (χ1n) is 6.93. The summed E-state index contributed by atoms with van der Waals surface area (Å²) in [6.07, 6.45) is -13.4. The van der Waals surface area contributed by atoms with E-state index in [2.05, 4.69) is 9.47 Å². The first-order valence-corrected chi connectivity index (χ1v) is 6.93. The fourth-order valence-corrected chi connectivity index (χ4v) is 1.80. The van der Waals surface area contributed by atoms with Gasteiger partial charge in [-0.05, 0) is 12.1 Å². The number of imide groups is 1. The lowest BCUT2D eigenvalue weighted by atomic mass is 10.1. The molecule has 29 heavy (non-hydrogen) atoms. The van der Waals surface area contributed by atoms with Crippen LogP contribution in [-0.2, 0) is 9.59 Å². The van der Waals surface area contributed by atoms with Crippen LogP contribution in [0, 0.1) is 0 Å². The standard InChI is InChI=1S/C14H9F10NO4/c1-28-6-3-4-7(8(5-6)29-2)25(9(26)11(15,16)13(19,20)21)10(27)12(17,18)14(22,23)24/h3-5H,1-2H3. The maximum Gasteiger partial charge on any atom is 0.463 e. The van der Waals surface area contributed by atoms with Crippen LogP contribution in [0.25, 0.3) is 0 Å². The van der Waals surface area contributed by atoms with E-state index in [9.17, 15) is 53.5 Å². The Kier molecular flexibility index (Phi) is 6.36. The highest BCUT2D eigenvalue weighted by Gasteiger charge is 2.70. The molecule has 1 rings (SSSR count). The minimum atomic E-state index is -6.71. The van der Waals surface area contributed by atoms with Gasteiger partial charge < -0.3 is 9.47 Å². The molecule has 0 aliphatic carbocycles. The lowest BCUT2D eigenvalue weighted by Gasteiger charge is -2.30. The van der Waals surface area contributed by atoms with Crippen molar-refractivity contribution in [2.75, 3.05) is 19.1 Å². The Hall–Kier alpha value is -2.74. The summed E-state index contributed by atoms with van der Waals surface area (Å²) in [5.74, 6) is -21.6. The molecule has 0 radical (unpaired) electrons. The molecule has 0 saturated carbocycles. The van der Waals surface area contributed by atoms with Crippen molar-refractivity contribution < 1.29 is 63.0 Å². The molecule has 1 aromatic carbocycles. The quantitative estimate of drug-likeness (QED) is 0.645. The van der Waals surface area contributed by atoms with Gasteiger partial charge >= 0.3 is 36.0 Å². The number of nitrogens with zero attached hydrogens (tertiary/aromatic N) is 1. The summed E-state index contributed by atoms with van der Waals surface area (Å²) in [5.41, 5.74) is -1.53. The van der Waals surface area contributed by atoms with Crippen LogP contribution in [0.3, 0.4) is 0 Å². The molecule has 2 amide bonds. The molecule has 0 N–H and O–H groups in total. The van der Waals surface area contributed by atoms with Gasteiger partial charge in [-0.2, -0.15) is 43.9 Å². The average Bonchev–Trinajstić information content (AvgIpc) is 2.59. The summed E-state index contributed by atoms with van der Waals surface area (Å²) in [6, 6.07) is 1.63. The lowest BCUT2D eigenvalue weighted by Crippen LogP contribution is -2.60. The zero-order valence-corrected chi connectivity index (χ0v) is 14.1. The number of methoxy groups -OCH3 is 2. The molecule has 0 unspecified atom stereocenters. The van der Waals surface area contributed by atoms with Crippen LogP contribution >= 0.6 is 0 Å². The molecule has 1 aromatic rings. The lowest BCUT2D eigenvalue weighted by molar-refractivity contribution is -0.273. The second kappa shape index (κ2) is 7.59. The molecular weight excluding hydrogens is 436 g/mol. The van der Waals surface area contributed by atoms with Gasteiger partial charge in [-0.1, -0.05) is 0 Å². The highest BCUT2D eigenvalue weighted by Crippen LogP contribution is 2.44. The molecule has 0 fully saturated rings. The monoisotopic (exact) mass is 445 g/mol. The van der Waals surface area contributed by atoms with E-state index >= 15 is 0 Å². The molecule has 0 heterocycles. The van der Waals surface area contributed by atoms with Gasteiger partial charge in [0.25, 0.3) is 0 Å². The Balaban J connectivity index is 3.78. The van der Waals surface area contributed by atoms with Crippen molar-refractivity contribution >= 4 is 17.5 Å². The van der Waals surface area contributed by atoms with Gasteiger partial charge in [0.05, 0.1) is 19.9 Å². The Labute approximate surface area is 154 Å². The van der Waals surface area contributed by atoms with E-state index in [-0.39, 0.29) is 5.75 Å². The summed E-state index contributed by atoms with van der Waals surface area (Å²) in [6.45, 7) is 0. The number of hydrogen-bond acceptors (Lipinski definition) is 4. The Bertz CT molecular complexity index is 750. The van der Waals surface area contributed by atoms with Crippen molar-refractivity contribution in [1.29, 1.82) is 0 Å². The predicted octanol–water partition coefficient (Wildman–Crippen LogP) is 3.96. The molecule has 0 saturated heterocycles. The van der Waals surface area contributed by atoms with Crippen LogP contribution in [0.5, 0.6) is 11.5 Å². The minimum Gasteiger partial charge on any atom is -0.497 e. The summed E-state index contributed by atoms with van der Waals surface area (Å²) >= 11 is 0. The van der Waals surface area contributed by atoms with Gasteiger partial charge in [0.15, 0.2) is 0 Å². The van der Waals surface area contributed by atoms with Crippen LogP contribution in [-0.4, -0.2) is 50.2 Å². The predicted molar refractivity (Wildman–Crippen MR) is 74.0 cm³/mol. The van der Waals surface area contributed by atoms with E-state index in [0.717, 1.165) is 7.11 Å². The molecule has 15 heteroatoms. The topological polar surface area (TPSA) is 55.8 Å². The second-order valence-electron chi connectivity index (χ2n) is 5.13. The number of halogens is 10. The van der Waals surface area contributed by atoms with Gasteiger partial charge in [0.1, 0.15) is 11.5 Å². The van der Waals surface area contributed by atoms with Gasteiger partial charge in [0, 0.05) is 6.07 Å².